The van der Waals surface area contributed by atoms with Gasteiger partial charge in [0.2, 0.25) is 5.91 Å². The van der Waals surface area contributed by atoms with Gasteiger partial charge >= 0.3 is 11.9 Å². The quantitative estimate of drug-likeness (QED) is 0.305. The first-order valence-electron chi connectivity index (χ1n) is 10.2. The maximum Gasteiger partial charge on any atom is 0.328 e. The van der Waals surface area contributed by atoms with Crippen LogP contribution in [0, 0.1) is 0 Å². The summed E-state index contributed by atoms with van der Waals surface area (Å²) in [4.78, 5) is 38.1. The zero-order valence-electron chi connectivity index (χ0n) is 18.0. The smallest absolute Gasteiger partial charge is 0.328 e. The number of hydrogen-bond donors (Lipinski definition) is 4. The second-order valence-electron chi connectivity index (χ2n) is 7.26. The van der Waals surface area contributed by atoms with Gasteiger partial charge in [-0.3, -0.25) is 14.5 Å². The zero-order valence-corrected chi connectivity index (χ0v) is 18.0. The van der Waals surface area contributed by atoms with Crippen LogP contribution in [0.2, 0.25) is 0 Å². The van der Waals surface area contributed by atoms with E-state index in [1.807, 2.05) is 0 Å². The first-order valence-corrected chi connectivity index (χ1v) is 10.2. The van der Waals surface area contributed by atoms with Gasteiger partial charge in [0.25, 0.3) is 0 Å². The molecule has 9 nitrogen and oxygen atoms in total. The molecule has 0 unspecified atom stereocenters. The van der Waals surface area contributed by atoms with Gasteiger partial charge in [0, 0.05) is 11.8 Å². The van der Waals surface area contributed by atoms with Gasteiger partial charge in [-0.05, 0) is 50.1 Å². The van der Waals surface area contributed by atoms with Crippen molar-refractivity contribution in [3.05, 3.63) is 54.1 Å². The van der Waals surface area contributed by atoms with Crippen LogP contribution >= 0.6 is 0 Å². The van der Waals surface area contributed by atoms with Crippen LogP contribution in [0.3, 0.4) is 0 Å². The third-order valence-electron chi connectivity index (χ3n) is 4.96. The number of phenolic OH excluding ortho intramolecular Hbond substituents is 2. The molecule has 0 bridgehead atoms. The van der Waals surface area contributed by atoms with E-state index in [9.17, 15) is 29.7 Å². The number of aryl methyl sites for hydroxylation is 1. The number of benzene rings is 2. The highest BCUT2D eigenvalue weighted by Gasteiger charge is 2.33. The van der Waals surface area contributed by atoms with Gasteiger partial charge in [0.05, 0.1) is 19.6 Å². The molecule has 0 saturated heterocycles. The number of nitrogens with one attached hydrogen (secondary N) is 1. The Morgan fingerprint density at radius 3 is 2.38 bits per heavy atom. The molecule has 0 fully saturated rings. The second-order valence-corrected chi connectivity index (χ2v) is 7.26. The first kappa shape index (κ1) is 24.7. The number of para-hydroxylation sites is 1. The number of esters is 1. The van der Waals surface area contributed by atoms with Crippen molar-refractivity contribution in [3.8, 4) is 11.5 Å². The van der Waals surface area contributed by atoms with Crippen LogP contribution in [-0.4, -0.2) is 58.9 Å². The summed E-state index contributed by atoms with van der Waals surface area (Å²) in [6.45, 7) is 1.81. The van der Waals surface area contributed by atoms with Gasteiger partial charge < -0.3 is 25.4 Å². The van der Waals surface area contributed by atoms with E-state index in [4.69, 9.17) is 4.74 Å². The van der Waals surface area contributed by atoms with Crippen molar-refractivity contribution in [1.29, 1.82) is 0 Å². The van der Waals surface area contributed by atoms with Gasteiger partial charge in [-0.25, -0.2) is 4.79 Å². The molecule has 1 amide bonds. The Balaban J connectivity index is 2.14. The summed E-state index contributed by atoms with van der Waals surface area (Å²) in [5, 5.41) is 31.5. The Labute approximate surface area is 186 Å². The third-order valence-corrected chi connectivity index (χ3v) is 4.96. The van der Waals surface area contributed by atoms with E-state index in [2.05, 4.69) is 5.32 Å². The van der Waals surface area contributed by atoms with Crippen LogP contribution < -0.4 is 10.2 Å². The number of methoxy groups -OCH3 is 1. The summed E-state index contributed by atoms with van der Waals surface area (Å²) in [5.74, 6) is -2.43. The molecule has 2 aromatic carbocycles. The number of rotatable bonds is 11. The Kier molecular flexibility index (Phi) is 9.03. The lowest BCUT2D eigenvalue weighted by molar-refractivity contribution is -0.143. The Hall–Kier alpha value is -3.59. The van der Waals surface area contributed by atoms with Crippen molar-refractivity contribution >= 4 is 23.5 Å². The molecule has 0 aromatic heterocycles. The number of carbonyl (C=O) groups excluding carboxylic acids is 2. The van der Waals surface area contributed by atoms with Crippen molar-refractivity contribution in [1.82, 2.24) is 5.32 Å². The number of aromatic hydroxyl groups is 2. The maximum absolute atomic E-state index is 13.3. The van der Waals surface area contributed by atoms with Gasteiger partial charge in [-0.2, -0.15) is 0 Å². The molecule has 0 aliphatic heterocycles. The highest BCUT2D eigenvalue weighted by atomic mass is 16.5. The summed E-state index contributed by atoms with van der Waals surface area (Å²) in [7, 11) is 1.22. The molecular weight excluding hydrogens is 416 g/mol. The van der Waals surface area contributed by atoms with E-state index in [-0.39, 0.29) is 11.5 Å². The Bertz CT molecular complexity index is 933. The average molecular weight is 444 g/mol. The summed E-state index contributed by atoms with van der Waals surface area (Å²) in [6.07, 6.45) is 0.480. The zero-order chi connectivity index (χ0) is 23.7. The minimum atomic E-state index is -1.16. The first-order chi connectivity index (χ1) is 15.2. The lowest BCUT2D eigenvalue weighted by atomic mass is 10.1. The van der Waals surface area contributed by atoms with Crippen molar-refractivity contribution in [2.75, 3.05) is 18.6 Å². The normalized spacial score (nSPS) is 12.6. The fraction of sp³-hybridized carbons (Fsp3) is 0.348. The van der Waals surface area contributed by atoms with Gasteiger partial charge in [0.15, 0.2) is 0 Å². The number of phenols is 2. The minimum absolute atomic E-state index is 0.0367. The van der Waals surface area contributed by atoms with E-state index in [0.717, 1.165) is 0 Å². The van der Waals surface area contributed by atoms with E-state index < -0.39 is 36.4 Å². The van der Waals surface area contributed by atoms with Crippen LogP contribution in [0.5, 0.6) is 11.5 Å². The van der Waals surface area contributed by atoms with Crippen molar-refractivity contribution in [2.45, 2.75) is 38.3 Å². The molecule has 0 spiro atoms. The number of hydrogen-bond acceptors (Lipinski definition) is 7. The number of nitrogens with zero attached hydrogens (tertiary/aromatic N) is 1. The van der Waals surface area contributed by atoms with Gasteiger partial charge in [-0.15, -0.1) is 0 Å². The highest BCUT2D eigenvalue weighted by molar-refractivity contribution is 6.03. The summed E-state index contributed by atoms with van der Waals surface area (Å²) >= 11 is 0. The topological polar surface area (TPSA) is 136 Å². The molecule has 0 heterocycles. The predicted octanol–water partition coefficient (Wildman–Crippen LogP) is 2.06. The second kappa shape index (κ2) is 11.7. The summed E-state index contributed by atoms with van der Waals surface area (Å²) in [5.41, 5.74) is 1.07. The molecule has 0 aliphatic carbocycles. The average Bonchev–Trinajstić information content (AvgIpc) is 2.76. The summed E-state index contributed by atoms with van der Waals surface area (Å²) < 4.78 is 4.78. The van der Waals surface area contributed by atoms with Crippen molar-refractivity contribution in [2.24, 2.45) is 0 Å². The third kappa shape index (κ3) is 6.71. The van der Waals surface area contributed by atoms with Crippen LogP contribution in [0.1, 0.15) is 25.3 Å². The van der Waals surface area contributed by atoms with E-state index in [1.165, 1.54) is 31.1 Å². The molecule has 32 heavy (non-hydrogen) atoms. The molecule has 0 aliphatic rings. The minimum Gasteiger partial charge on any atom is -0.508 e. The lowest BCUT2D eigenvalue weighted by Crippen LogP contribution is -2.53. The standard InChI is InChI=1S/C23H28N2O7/c1-15(23(31)32-2)25(17-8-4-3-5-9-17)22(30)19(14-21(28)29)24-12-6-7-16-10-11-18(26)13-20(16)27/h3-5,8-11,13,15,19,24,26-27H,6-7,12,14H2,1-2H3,(H,28,29)/t15-,19-/m0/s1. The lowest BCUT2D eigenvalue weighted by Gasteiger charge is -2.31. The number of anilines is 1. The van der Waals surface area contributed by atoms with E-state index in [1.54, 1.807) is 36.4 Å². The SMILES string of the molecule is COC(=O)[C@H](C)N(C(=O)[C@H](CC(=O)O)NCCCc1ccc(O)cc1O)c1ccccc1. The fourth-order valence-corrected chi connectivity index (χ4v) is 3.31. The number of amides is 1. The molecule has 0 radical (unpaired) electrons. The van der Waals surface area contributed by atoms with Crippen LogP contribution in [0.4, 0.5) is 5.69 Å². The molecule has 9 heteroatoms. The molecule has 2 atom stereocenters. The monoisotopic (exact) mass is 444 g/mol. The number of carboxylic acid groups (broad SMARTS) is 1. The van der Waals surface area contributed by atoms with Crippen molar-refractivity contribution in [3.63, 3.8) is 0 Å². The van der Waals surface area contributed by atoms with E-state index >= 15 is 0 Å². The Morgan fingerprint density at radius 1 is 1.09 bits per heavy atom. The molecular formula is C23H28N2O7. The van der Waals surface area contributed by atoms with Crippen LogP contribution in [0.25, 0.3) is 0 Å². The predicted molar refractivity (Wildman–Crippen MR) is 118 cm³/mol. The fourth-order valence-electron chi connectivity index (χ4n) is 3.31. The van der Waals surface area contributed by atoms with Crippen LogP contribution in [0.15, 0.2) is 48.5 Å². The molecule has 2 aromatic rings. The molecule has 2 rings (SSSR count). The number of ether oxygens (including phenoxy) is 1. The van der Waals surface area contributed by atoms with Crippen molar-refractivity contribution < 1.29 is 34.4 Å². The highest BCUT2D eigenvalue weighted by Crippen LogP contribution is 2.23. The van der Waals surface area contributed by atoms with Gasteiger partial charge in [0.1, 0.15) is 17.5 Å². The summed E-state index contributed by atoms with van der Waals surface area (Å²) in [6, 6.07) is 10.8. The molecule has 4 N–H and O–H groups in total. The van der Waals surface area contributed by atoms with E-state index in [0.29, 0.717) is 30.6 Å². The maximum atomic E-state index is 13.3. The Morgan fingerprint density at radius 2 is 1.78 bits per heavy atom. The number of carbonyl (C=O) groups is 3. The number of carboxylic acids is 1. The van der Waals surface area contributed by atoms with Gasteiger partial charge in [-0.1, -0.05) is 24.3 Å². The number of aliphatic carboxylic acids is 1. The molecule has 0 saturated carbocycles. The molecule has 172 valence electrons. The van der Waals surface area contributed by atoms with Crippen LogP contribution in [-0.2, 0) is 25.5 Å². The largest absolute Gasteiger partial charge is 0.508 e.